The number of hydrogen-bond acceptors (Lipinski definition) is 6. The zero-order valence-electron chi connectivity index (χ0n) is 22.5. The summed E-state index contributed by atoms with van der Waals surface area (Å²) in [5, 5.41) is 0.561. The number of nitrogens with zero attached hydrogens (tertiary/aromatic N) is 3. The number of amides is 1. The van der Waals surface area contributed by atoms with Gasteiger partial charge in [-0.05, 0) is 72.4 Å². The lowest BCUT2D eigenvalue weighted by Gasteiger charge is -2.25. The molecule has 0 unspecified atom stereocenters. The number of anilines is 1. The molecule has 202 valence electrons. The molecule has 2 aromatic carbocycles. The minimum Gasteiger partial charge on any atom is -0.467 e. The van der Waals surface area contributed by atoms with Gasteiger partial charge < -0.3 is 4.42 Å². The fourth-order valence-electron chi connectivity index (χ4n) is 4.24. The van der Waals surface area contributed by atoms with Crippen LogP contribution in [-0.4, -0.2) is 36.7 Å². The van der Waals surface area contributed by atoms with Crippen LogP contribution in [0.4, 0.5) is 5.13 Å². The van der Waals surface area contributed by atoms with Gasteiger partial charge in [0.2, 0.25) is 10.0 Å². The standard InChI is InChI=1S/C29H35N3O4S2/c1-6-22-9-14-26-27(16-22)37-29(30-26)32(19-24-8-7-15-36-24)28(33)23-10-12-25(13-11-23)38(34,35)31(17-20(2)3)18-21(4)5/h7-16,20-21H,6,17-19H2,1-5H3. The van der Waals surface area contributed by atoms with E-state index in [1.165, 1.54) is 33.3 Å². The Morgan fingerprint density at radius 2 is 1.68 bits per heavy atom. The Kier molecular flexibility index (Phi) is 8.70. The van der Waals surface area contributed by atoms with Crippen molar-refractivity contribution in [1.29, 1.82) is 0 Å². The summed E-state index contributed by atoms with van der Waals surface area (Å²) in [6.45, 7) is 11.2. The molecule has 0 saturated carbocycles. The molecule has 4 aromatic rings. The monoisotopic (exact) mass is 553 g/mol. The van der Waals surface area contributed by atoms with Crippen LogP contribution < -0.4 is 4.90 Å². The fraction of sp³-hybridized carbons (Fsp3) is 0.379. The lowest BCUT2D eigenvalue weighted by atomic mass is 10.2. The molecule has 0 fully saturated rings. The number of benzene rings is 2. The first-order valence-electron chi connectivity index (χ1n) is 12.9. The van der Waals surface area contributed by atoms with E-state index in [0.717, 1.165) is 16.6 Å². The summed E-state index contributed by atoms with van der Waals surface area (Å²) in [4.78, 5) is 20.2. The van der Waals surface area contributed by atoms with Crippen LogP contribution in [0.5, 0.6) is 0 Å². The van der Waals surface area contributed by atoms with Gasteiger partial charge in [0.1, 0.15) is 5.76 Å². The molecule has 0 bridgehead atoms. The summed E-state index contributed by atoms with van der Waals surface area (Å²) in [7, 11) is -3.69. The van der Waals surface area contributed by atoms with Gasteiger partial charge in [-0.2, -0.15) is 4.31 Å². The molecule has 0 radical (unpaired) electrons. The fourth-order valence-corrected chi connectivity index (χ4v) is 7.03. The molecule has 2 aromatic heterocycles. The van der Waals surface area contributed by atoms with E-state index in [1.807, 2.05) is 45.9 Å². The largest absolute Gasteiger partial charge is 0.467 e. The van der Waals surface area contributed by atoms with Crippen molar-refractivity contribution < 1.29 is 17.6 Å². The normalized spacial score (nSPS) is 12.2. The molecule has 7 nitrogen and oxygen atoms in total. The molecule has 0 spiro atoms. The third kappa shape index (κ3) is 6.34. The third-order valence-corrected chi connectivity index (χ3v) is 8.98. The zero-order valence-corrected chi connectivity index (χ0v) is 24.2. The summed E-state index contributed by atoms with van der Waals surface area (Å²) in [6, 6.07) is 15.9. The number of sulfonamides is 1. The van der Waals surface area contributed by atoms with Crippen molar-refractivity contribution in [2.75, 3.05) is 18.0 Å². The molecular formula is C29H35N3O4S2. The molecule has 2 heterocycles. The Morgan fingerprint density at radius 1 is 1.00 bits per heavy atom. The average Bonchev–Trinajstić information content (AvgIpc) is 3.55. The smallest absolute Gasteiger partial charge is 0.260 e. The first kappa shape index (κ1) is 28.0. The van der Waals surface area contributed by atoms with Crippen molar-refractivity contribution in [2.45, 2.75) is 52.5 Å². The molecular weight excluding hydrogens is 518 g/mol. The van der Waals surface area contributed by atoms with Gasteiger partial charge in [-0.25, -0.2) is 13.4 Å². The van der Waals surface area contributed by atoms with E-state index in [1.54, 1.807) is 29.4 Å². The molecule has 4 rings (SSSR count). The number of carbonyl (C=O) groups is 1. The molecule has 0 aliphatic rings. The number of rotatable bonds is 11. The topological polar surface area (TPSA) is 83.7 Å². The highest BCUT2D eigenvalue weighted by atomic mass is 32.2. The number of fused-ring (bicyclic) bond motifs is 1. The highest BCUT2D eigenvalue weighted by Gasteiger charge is 2.27. The summed E-state index contributed by atoms with van der Waals surface area (Å²) >= 11 is 1.45. The first-order valence-corrected chi connectivity index (χ1v) is 15.2. The molecule has 0 aliphatic heterocycles. The lowest BCUT2D eigenvalue weighted by molar-refractivity contribution is 0.0983. The maximum atomic E-state index is 13.7. The van der Waals surface area contributed by atoms with Crippen LogP contribution in [0.15, 0.2) is 70.2 Å². The van der Waals surface area contributed by atoms with Crippen LogP contribution >= 0.6 is 11.3 Å². The van der Waals surface area contributed by atoms with Crippen LogP contribution in [0, 0.1) is 11.8 Å². The predicted molar refractivity (Wildman–Crippen MR) is 153 cm³/mol. The number of carbonyl (C=O) groups excluding carboxylic acids is 1. The van der Waals surface area contributed by atoms with E-state index in [0.29, 0.717) is 29.5 Å². The average molecular weight is 554 g/mol. The molecule has 0 N–H and O–H groups in total. The second-order valence-electron chi connectivity index (χ2n) is 10.3. The van der Waals surface area contributed by atoms with Gasteiger partial charge in [-0.3, -0.25) is 9.69 Å². The predicted octanol–water partition coefficient (Wildman–Crippen LogP) is 6.60. The molecule has 0 saturated heterocycles. The van der Waals surface area contributed by atoms with Gasteiger partial charge in [0.15, 0.2) is 5.13 Å². The Balaban J connectivity index is 1.66. The van der Waals surface area contributed by atoms with Gasteiger partial charge in [-0.1, -0.05) is 52.0 Å². The molecule has 9 heteroatoms. The Hall–Kier alpha value is -3.01. The third-order valence-electron chi connectivity index (χ3n) is 6.10. The number of aromatic nitrogens is 1. The van der Waals surface area contributed by atoms with Gasteiger partial charge in [0.05, 0.1) is 27.9 Å². The van der Waals surface area contributed by atoms with E-state index < -0.39 is 10.0 Å². The molecule has 38 heavy (non-hydrogen) atoms. The van der Waals surface area contributed by atoms with Crippen molar-refractivity contribution in [3.8, 4) is 0 Å². The molecule has 0 aliphatic carbocycles. The van der Waals surface area contributed by atoms with Gasteiger partial charge in [-0.15, -0.1) is 0 Å². The van der Waals surface area contributed by atoms with Crippen molar-refractivity contribution in [3.63, 3.8) is 0 Å². The number of thiazole rings is 1. The Bertz CT molecular complexity index is 1460. The SMILES string of the molecule is CCc1ccc2nc(N(Cc3ccco3)C(=O)c3ccc(S(=O)(=O)N(CC(C)C)CC(C)C)cc3)sc2c1. The lowest BCUT2D eigenvalue weighted by Crippen LogP contribution is -2.37. The van der Waals surface area contributed by atoms with E-state index in [9.17, 15) is 13.2 Å². The summed E-state index contributed by atoms with van der Waals surface area (Å²) in [5.41, 5.74) is 2.41. The van der Waals surface area contributed by atoms with E-state index >= 15 is 0 Å². The second kappa shape index (κ2) is 11.8. The summed E-state index contributed by atoms with van der Waals surface area (Å²) in [5.74, 6) is 0.744. The van der Waals surface area contributed by atoms with Gasteiger partial charge >= 0.3 is 0 Å². The summed E-state index contributed by atoms with van der Waals surface area (Å²) < 4.78 is 34.9. The van der Waals surface area contributed by atoms with Crippen molar-refractivity contribution >= 4 is 42.6 Å². The first-order chi connectivity index (χ1) is 18.1. The van der Waals surface area contributed by atoms with Crippen molar-refractivity contribution in [3.05, 3.63) is 77.7 Å². The molecule has 0 atom stereocenters. The van der Waals surface area contributed by atoms with Crippen molar-refractivity contribution in [1.82, 2.24) is 9.29 Å². The van der Waals surface area contributed by atoms with Crippen molar-refractivity contribution in [2.24, 2.45) is 11.8 Å². The highest BCUT2D eigenvalue weighted by Crippen LogP contribution is 2.32. The van der Waals surface area contributed by atoms with Crippen LogP contribution in [0.25, 0.3) is 10.2 Å². The van der Waals surface area contributed by atoms with Crippen LogP contribution in [0.3, 0.4) is 0 Å². The molecule has 1 amide bonds. The van der Waals surface area contributed by atoms with Gasteiger partial charge in [0, 0.05) is 18.7 Å². The highest BCUT2D eigenvalue weighted by molar-refractivity contribution is 7.89. The minimum atomic E-state index is -3.69. The number of hydrogen-bond donors (Lipinski definition) is 0. The number of aryl methyl sites for hydroxylation is 1. The minimum absolute atomic E-state index is 0.181. The van der Waals surface area contributed by atoms with Crippen LogP contribution in [0.1, 0.15) is 56.3 Å². The van der Waals surface area contributed by atoms with Crippen LogP contribution in [0.2, 0.25) is 0 Å². The quantitative estimate of drug-likeness (QED) is 0.209. The zero-order chi connectivity index (χ0) is 27.4. The maximum Gasteiger partial charge on any atom is 0.260 e. The maximum absolute atomic E-state index is 13.7. The Morgan fingerprint density at radius 3 is 2.26 bits per heavy atom. The second-order valence-corrected chi connectivity index (χ2v) is 13.2. The Labute approximate surface area is 229 Å². The van der Waals surface area contributed by atoms with Gasteiger partial charge in [0.25, 0.3) is 5.91 Å². The van der Waals surface area contributed by atoms with Crippen LogP contribution in [-0.2, 0) is 23.0 Å². The van der Waals surface area contributed by atoms with E-state index in [2.05, 4.69) is 13.0 Å². The number of furan rings is 1. The van der Waals surface area contributed by atoms with E-state index in [-0.39, 0.29) is 29.2 Å². The summed E-state index contributed by atoms with van der Waals surface area (Å²) in [6.07, 6.45) is 2.49. The van der Waals surface area contributed by atoms with E-state index in [4.69, 9.17) is 9.40 Å².